The number of amides is 3. The summed E-state index contributed by atoms with van der Waals surface area (Å²) < 4.78 is 1.88. The first kappa shape index (κ1) is 39.0. The molecule has 0 aliphatic carbocycles. The normalized spacial score (nSPS) is 16.2. The van der Waals surface area contributed by atoms with Gasteiger partial charge in [-0.3, -0.25) is 19.8 Å². The summed E-state index contributed by atoms with van der Waals surface area (Å²) in [7, 11) is 0. The van der Waals surface area contributed by atoms with Crippen LogP contribution in [0.25, 0.3) is 11.0 Å². The van der Waals surface area contributed by atoms with E-state index in [1.807, 2.05) is 86.9 Å². The topological polar surface area (TPSA) is 158 Å². The monoisotopic (exact) mass is 737 g/mol. The fourth-order valence-corrected chi connectivity index (χ4v) is 6.91. The number of likely N-dealkylation sites (tertiary alicyclic amines) is 1. The lowest BCUT2D eigenvalue weighted by atomic mass is 9.84. The first-order chi connectivity index (χ1) is 25.0. The Morgan fingerprint density at radius 3 is 2.38 bits per heavy atom. The zero-order valence-corrected chi connectivity index (χ0v) is 31.9. The zero-order valence-electron chi connectivity index (χ0n) is 31.1. The average Bonchev–Trinajstić information content (AvgIpc) is 3.70. The number of nitrogens with zero attached hydrogens (tertiary/aromatic N) is 5. The minimum absolute atomic E-state index is 0.0160. The number of hydrogen-bond acceptors (Lipinski definition) is 6. The van der Waals surface area contributed by atoms with E-state index in [4.69, 9.17) is 22.3 Å². The molecule has 3 unspecified atom stereocenters. The molecular weight excluding hydrogens is 690 g/mol. The van der Waals surface area contributed by atoms with Crippen molar-refractivity contribution in [2.24, 2.45) is 11.1 Å². The van der Waals surface area contributed by atoms with Gasteiger partial charge in [-0.2, -0.15) is 5.26 Å². The van der Waals surface area contributed by atoms with Crippen molar-refractivity contribution in [3.05, 3.63) is 106 Å². The average molecular weight is 738 g/mol. The van der Waals surface area contributed by atoms with E-state index in [1.165, 1.54) is 11.0 Å². The minimum Gasteiger partial charge on any atom is -0.465 e. The third-order valence-corrected chi connectivity index (χ3v) is 10.1. The van der Waals surface area contributed by atoms with Gasteiger partial charge in [-0.1, -0.05) is 68.8 Å². The number of carbonyl (C=O) groups is 3. The molecule has 1 fully saturated rings. The van der Waals surface area contributed by atoms with E-state index in [0.29, 0.717) is 41.0 Å². The number of halogens is 1. The molecule has 12 heteroatoms. The Morgan fingerprint density at radius 1 is 1.09 bits per heavy atom. The van der Waals surface area contributed by atoms with Gasteiger partial charge in [0.1, 0.15) is 11.6 Å². The number of benzene rings is 3. The SMILES string of the molecule is CC(N(C(=O)O)C(Cc1ccccc1)c1ccc2c(c1)nc(NC(=O)c1ccc(Cl)cc1)n2CC1CCCN1C(=O)C(C#N)=CC(C)(C)N)C(C)(C)C. The van der Waals surface area contributed by atoms with Crippen molar-refractivity contribution in [3.63, 3.8) is 0 Å². The van der Waals surface area contributed by atoms with Crippen LogP contribution in [0.4, 0.5) is 10.7 Å². The molecule has 53 heavy (non-hydrogen) atoms. The molecule has 3 atom stereocenters. The number of carboxylic acid groups (broad SMARTS) is 1. The Kier molecular flexibility index (Phi) is 11.7. The molecule has 4 aromatic rings. The van der Waals surface area contributed by atoms with E-state index in [9.17, 15) is 24.8 Å². The lowest BCUT2D eigenvalue weighted by molar-refractivity contribution is -0.127. The van der Waals surface area contributed by atoms with Gasteiger partial charge in [0.25, 0.3) is 11.8 Å². The highest BCUT2D eigenvalue weighted by Gasteiger charge is 2.37. The Balaban J connectivity index is 1.60. The summed E-state index contributed by atoms with van der Waals surface area (Å²) in [6.45, 7) is 12.2. The van der Waals surface area contributed by atoms with Crippen LogP contribution >= 0.6 is 11.6 Å². The third kappa shape index (κ3) is 9.25. The molecule has 0 bridgehead atoms. The Bertz CT molecular complexity index is 2040. The van der Waals surface area contributed by atoms with E-state index in [-0.39, 0.29) is 35.6 Å². The van der Waals surface area contributed by atoms with Crippen molar-refractivity contribution in [3.8, 4) is 6.07 Å². The summed E-state index contributed by atoms with van der Waals surface area (Å²) in [5.41, 5.74) is 8.30. The molecule has 1 saturated heterocycles. The van der Waals surface area contributed by atoms with Gasteiger partial charge in [-0.05, 0) is 99.0 Å². The molecule has 0 radical (unpaired) electrons. The van der Waals surface area contributed by atoms with Gasteiger partial charge in [-0.15, -0.1) is 0 Å². The molecule has 4 N–H and O–H groups in total. The molecule has 3 amide bonds. The van der Waals surface area contributed by atoms with Crippen LogP contribution in [-0.2, 0) is 17.8 Å². The van der Waals surface area contributed by atoms with Crippen LogP contribution < -0.4 is 11.1 Å². The van der Waals surface area contributed by atoms with E-state index in [1.54, 1.807) is 43.0 Å². The van der Waals surface area contributed by atoms with Gasteiger partial charge in [0.05, 0.1) is 23.1 Å². The summed E-state index contributed by atoms with van der Waals surface area (Å²) >= 11 is 6.08. The number of aromatic nitrogens is 2. The number of rotatable bonds is 11. The second-order valence-electron chi connectivity index (χ2n) is 15.5. The van der Waals surface area contributed by atoms with E-state index < -0.39 is 29.5 Å². The first-order valence-electron chi connectivity index (χ1n) is 17.8. The molecule has 1 aliphatic rings. The van der Waals surface area contributed by atoms with Crippen LogP contribution in [0.2, 0.25) is 5.02 Å². The highest BCUT2D eigenvalue weighted by Crippen LogP contribution is 2.36. The van der Waals surface area contributed by atoms with Gasteiger partial charge in [0, 0.05) is 35.3 Å². The number of imidazole rings is 1. The Labute approximate surface area is 316 Å². The number of nitrogens with two attached hydrogens (primary N) is 1. The van der Waals surface area contributed by atoms with Crippen molar-refractivity contribution in [1.29, 1.82) is 5.26 Å². The number of carbonyl (C=O) groups excluding carboxylic acids is 2. The van der Waals surface area contributed by atoms with Crippen LogP contribution in [0, 0.1) is 16.7 Å². The lowest BCUT2D eigenvalue weighted by Gasteiger charge is -2.41. The van der Waals surface area contributed by atoms with Crippen LogP contribution in [0.1, 0.15) is 81.9 Å². The number of anilines is 1. The maximum atomic E-state index is 13.7. The summed E-state index contributed by atoms with van der Waals surface area (Å²) in [6.07, 6.45) is 2.32. The van der Waals surface area contributed by atoms with Crippen LogP contribution in [-0.4, -0.2) is 66.5 Å². The number of nitriles is 1. The van der Waals surface area contributed by atoms with Crippen LogP contribution in [0.5, 0.6) is 0 Å². The van der Waals surface area contributed by atoms with Gasteiger partial charge in [-0.25, -0.2) is 9.78 Å². The summed E-state index contributed by atoms with van der Waals surface area (Å²) in [5.74, 6) is -0.513. The van der Waals surface area contributed by atoms with Crippen molar-refractivity contribution in [2.75, 3.05) is 11.9 Å². The summed E-state index contributed by atoms with van der Waals surface area (Å²) in [5, 5.41) is 24.0. The van der Waals surface area contributed by atoms with Gasteiger partial charge in [0.15, 0.2) is 0 Å². The highest BCUT2D eigenvalue weighted by molar-refractivity contribution is 6.30. The number of hydrogen-bond donors (Lipinski definition) is 3. The van der Waals surface area contributed by atoms with Crippen molar-refractivity contribution in [1.82, 2.24) is 19.4 Å². The predicted octanol–water partition coefficient (Wildman–Crippen LogP) is 7.82. The largest absolute Gasteiger partial charge is 0.465 e. The molecule has 0 spiro atoms. The van der Waals surface area contributed by atoms with E-state index in [2.05, 4.69) is 5.32 Å². The van der Waals surface area contributed by atoms with E-state index in [0.717, 1.165) is 17.5 Å². The Morgan fingerprint density at radius 2 is 1.77 bits per heavy atom. The van der Waals surface area contributed by atoms with Crippen molar-refractivity contribution in [2.45, 2.75) is 91.0 Å². The minimum atomic E-state index is -1.02. The quantitative estimate of drug-likeness (QED) is 0.105. The van der Waals surface area contributed by atoms with Crippen LogP contribution in [0.15, 0.2) is 84.4 Å². The molecule has 5 rings (SSSR count). The molecule has 0 saturated carbocycles. The second-order valence-corrected chi connectivity index (χ2v) is 15.9. The fraction of sp³-hybridized carbons (Fsp3) is 0.390. The van der Waals surface area contributed by atoms with Crippen molar-refractivity contribution < 1.29 is 19.5 Å². The molecule has 1 aliphatic heterocycles. The van der Waals surface area contributed by atoms with E-state index >= 15 is 0 Å². The predicted molar refractivity (Wildman–Crippen MR) is 208 cm³/mol. The van der Waals surface area contributed by atoms with Gasteiger partial charge in [0.2, 0.25) is 5.95 Å². The standard InChI is InChI=1S/C41H48ClN7O4/c1-26(40(2,3)4)49(39(52)53)35(21-27-11-8-7-9-12-27)29-16-19-34-33(22-29)45-38(46-36(50)28-14-17-31(42)18-15-28)48(34)25-32-13-10-20-47(32)37(51)30(24-43)23-41(5,6)44/h7-9,11-12,14-19,22-23,26,32,35H,10,13,20-21,25,44H2,1-6H3,(H,52,53)(H,45,46,50). The smallest absolute Gasteiger partial charge is 0.408 e. The summed E-state index contributed by atoms with van der Waals surface area (Å²) in [6, 6.07) is 22.9. The maximum absolute atomic E-state index is 13.7. The lowest BCUT2D eigenvalue weighted by Crippen LogP contribution is -2.47. The molecule has 1 aromatic heterocycles. The second kappa shape index (κ2) is 15.8. The van der Waals surface area contributed by atoms with Gasteiger partial charge < -0.3 is 20.3 Å². The van der Waals surface area contributed by atoms with Crippen molar-refractivity contribution >= 4 is 46.5 Å². The molecule has 11 nitrogen and oxygen atoms in total. The molecule has 3 aromatic carbocycles. The maximum Gasteiger partial charge on any atom is 0.408 e. The molecular formula is C41H48ClN7O4. The first-order valence-corrected chi connectivity index (χ1v) is 18.2. The zero-order chi connectivity index (χ0) is 38.7. The Hall–Kier alpha value is -5.18. The van der Waals surface area contributed by atoms with Gasteiger partial charge >= 0.3 is 6.09 Å². The fourth-order valence-electron chi connectivity index (χ4n) is 6.78. The number of fused-ring (bicyclic) bond motifs is 1. The third-order valence-electron chi connectivity index (χ3n) is 9.89. The number of nitrogens with one attached hydrogen (secondary N) is 1. The molecule has 2 heterocycles. The van der Waals surface area contributed by atoms with Crippen LogP contribution in [0.3, 0.4) is 0 Å². The highest BCUT2D eigenvalue weighted by atomic mass is 35.5. The summed E-state index contributed by atoms with van der Waals surface area (Å²) in [4.78, 5) is 48.3. The molecule has 278 valence electrons.